The normalized spacial score (nSPS) is 13.1. The van der Waals surface area contributed by atoms with Crippen LogP contribution < -0.4 is 17.7 Å². The van der Waals surface area contributed by atoms with Crippen LogP contribution in [0, 0.1) is 0 Å². The Bertz CT molecular complexity index is 3310. The molecule has 5 heteroatoms. The van der Waals surface area contributed by atoms with E-state index in [-0.39, 0.29) is 0 Å². The maximum absolute atomic E-state index is 5.75. The maximum atomic E-state index is 5.75. The third-order valence-electron chi connectivity index (χ3n) is 11.9. The van der Waals surface area contributed by atoms with Crippen LogP contribution in [0.2, 0.25) is 0 Å². The number of para-hydroxylation sites is 2. The van der Waals surface area contributed by atoms with Gasteiger partial charge in [0.1, 0.15) is 0 Å². The fourth-order valence-electron chi connectivity index (χ4n) is 9.50. The molecule has 1 aliphatic heterocycles. The molecule has 0 unspecified atom stereocenters. The summed E-state index contributed by atoms with van der Waals surface area (Å²) in [7, 11) is 0. The molecule has 4 heterocycles. The van der Waals surface area contributed by atoms with Crippen molar-refractivity contribution < 1.29 is 0 Å². The van der Waals surface area contributed by atoms with Gasteiger partial charge < -0.3 is 0 Å². The molecular formula is C52H33GeN3S. The second-order valence-electron chi connectivity index (χ2n) is 14.8. The molecule has 0 aliphatic carbocycles. The van der Waals surface area contributed by atoms with Gasteiger partial charge in [-0.25, -0.2) is 0 Å². The van der Waals surface area contributed by atoms with Crippen molar-refractivity contribution in [3.8, 4) is 39.5 Å². The van der Waals surface area contributed by atoms with Crippen molar-refractivity contribution in [3.63, 3.8) is 0 Å². The molecule has 0 atom stereocenters. The third kappa shape index (κ3) is 4.72. The molecule has 0 N–H and O–H groups in total. The van der Waals surface area contributed by atoms with Gasteiger partial charge in [-0.15, -0.1) is 0 Å². The third-order valence-corrected chi connectivity index (χ3v) is 22.9. The van der Waals surface area contributed by atoms with E-state index in [1.807, 2.05) is 11.3 Å². The van der Waals surface area contributed by atoms with Crippen LogP contribution >= 0.6 is 11.3 Å². The Morgan fingerprint density at radius 3 is 1.82 bits per heavy atom. The van der Waals surface area contributed by atoms with E-state index in [4.69, 9.17) is 9.97 Å². The second-order valence-corrected chi connectivity index (χ2v) is 23.6. The Balaban J connectivity index is 1.23. The summed E-state index contributed by atoms with van der Waals surface area (Å²) in [6.07, 6.45) is 0. The predicted molar refractivity (Wildman–Crippen MR) is 243 cm³/mol. The van der Waals surface area contributed by atoms with E-state index in [0.29, 0.717) is 0 Å². The Morgan fingerprint density at radius 2 is 1.05 bits per heavy atom. The summed E-state index contributed by atoms with van der Waals surface area (Å²) in [4.78, 5) is 11.4. The average Bonchev–Trinajstić information content (AvgIpc) is 3.92. The van der Waals surface area contributed by atoms with E-state index in [9.17, 15) is 0 Å². The average molecular weight is 805 g/mol. The van der Waals surface area contributed by atoms with Gasteiger partial charge in [-0.2, -0.15) is 0 Å². The van der Waals surface area contributed by atoms with Crippen LogP contribution in [0.5, 0.6) is 0 Å². The van der Waals surface area contributed by atoms with Crippen LogP contribution in [-0.4, -0.2) is 27.8 Å². The Hall–Kier alpha value is -6.60. The van der Waals surface area contributed by atoms with Gasteiger partial charge in [0.2, 0.25) is 0 Å². The molecule has 1 aliphatic rings. The fourth-order valence-corrected chi connectivity index (χ4v) is 21.1. The molecule has 0 saturated heterocycles. The summed E-state index contributed by atoms with van der Waals surface area (Å²) < 4.78 is 10.4. The van der Waals surface area contributed by atoms with Gasteiger partial charge in [0.25, 0.3) is 0 Å². The summed E-state index contributed by atoms with van der Waals surface area (Å²) in [6.45, 7) is 0. The quantitative estimate of drug-likeness (QED) is 0.162. The van der Waals surface area contributed by atoms with Crippen molar-refractivity contribution in [3.05, 3.63) is 200 Å². The number of fused-ring (bicyclic) bond motifs is 9. The van der Waals surface area contributed by atoms with Gasteiger partial charge in [-0.3, -0.25) is 0 Å². The second kappa shape index (κ2) is 12.7. The first kappa shape index (κ1) is 32.6. The van der Waals surface area contributed by atoms with Gasteiger partial charge in [0, 0.05) is 0 Å². The molecule has 0 saturated carbocycles. The zero-order valence-corrected chi connectivity index (χ0v) is 33.7. The van der Waals surface area contributed by atoms with Crippen LogP contribution in [0.4, 0.5) is 0 Å². The topological polar surface area (TPSA) is 30.7 Å². The number of rotatable bonds is 5. The molecule has 11 aromatic rings. The molecule has 3 aromatic heterocycles. The van der Waals surface area contributed by atoms with Crippen molar-refractivity contribution in [2.45, 2.75) is 0 Å². The monoisotopic (exact) mass is 805 g/mol. The van der Waals surface area contributed by atoms with E-state index in [1.165, 1.54) is 65.3 Å². The molecule has 12 rings (SSSR count). The number of thiophene rings is 1. The summed E-state index contributed by atoms with van der Waals surface area (Å²) in [6, 6.07) is 73.3. The Kier molecular flexibility index (Phi) is 7.28. The molecule has 57 heavy (non-hydrogen) atoms. The fraction of sp³-hybridized carbons (Fsp3) is 0. The Morgan fingerprint density at radius 1 is 0.439 bits per heavy atom. The van der Waals surface area contributed by atoms with Crippen LogP contribution in [0.3, 0.4) is 0 Å². The van der Waals surface area contributed by atoms with Gasteiger partial charge in [-0.05, 0) is 0 Å². The molecule has 3 nitrogen and oxygen atoms in total. The first-order valence-corrected chi connectivity index (χ1v) is 24.4. The van der Waals surface area contributed by atoms with Crippen molar-refractivity contribution >= 4 is 84.3 Å². The summed E-state index contributed by atoms with van der Waals surface area (Å²) in [5.74, 6) is 0.752. The van der Waals surface area contributed by atoms with Crippen LogP contribution in [0.1, 0.15) is 0 Å². The number of aromatic nitrogens is 3. The first-order valence-electron chi connectivity index (χ1n) is 19.4. The first-order chi connectivity index (χ1) is 28.3. The van der Waals surface area contributed by atoms with Crippen LogP contribution in [0.15, 0.2) is 200 Å². The van der Waals surface area contributed by atoms with Crippen LogP contribution in [0.25, 0.3) is 81.4 Å². The zero-order valence-electron chi connectivity index (χ0n) is 30.8. The molecule has 266 valence electrons. The van der Waals surface area contributed by atoms with E-state index in [1.54, 1.807) is 0 Å². The van der Waals surface area contributed by atoms with E-state index < -0.39 is 13.3 Å². The molecular weight excluding hydrogens is 771 g/mol. The van der Waals surface area contributed by atoms with Crippen molar-refractivity contribution in [2.24, 2.45) is 0 Å². The number of hydrogen-bond donors (Lipinski definition) is 0. The molecule has 8 aromatic carbocycles. The van der Waals surface area contributed by atoms with Gasteiger partial charge >= 0.3 is 332 Å². The minimum absolute atomic E-state index is 0.752. The van der Waals surface area contributed by atoms with Gasteiger partial charge in [0.15, 0.2) is 0 Å². The number of nitrogens with zero attached hydrogens (tertiary/aromatic N) is 3. The Labute approximate surface area is 336 Å². The predicted octanol–water partition coefficient (Wildman–Crippen LogP) is 10.6. The molecule has 0 amide bonds. The number of benzene rings is 8. The van der Waals surface area contributed by atoms with Crippen LogP contribution in [-0.2, 0) is 0 Å². The molecule has 0 fully saturated rings. The SMILES string of the molecule is c1ccc(-c2nc(-c3ccccc3-n3c4ccccc4c4cc5sc6ccccc6c5cc43)c3[c](n2)[Ge]([c]2ccccc2)([c]2ccccc2)[c]2ccccc2-3)cc1. The standard InChI is InChI=1S/C52H33GeN3S/c1-4-18-34(19-5-1)52-54-50(49-39-26-10-14-28-43(39)53(51(49)55-52,35-20-6-2-7-21-35)36-22-8-3-9-23-36)40-27-12-16-30-45(40)56-44-29-15-11-24-37(44)41-33-48-42(32-46(41)56)38-25-13-17-31-47(38)57-48/h1-33H. The van der Waals surface area contributed by atoms with Crippen molar-refractivity contribution in [1.29, 1.82) is 0 Å². The van der Waals surface area contributed by atoms with E-state index in [2.05, 4.69) is 205 Å². The van der Waals surface area contributed by atoms with E-state index in [0.717, 1.165) is 33.9 Å². The van der Waals surface area contributed by atoms with Crippen molar-refractivity contribution in [2.75, 3.05) is 0 Å². The number of hydrogen-bond acceptors (Lipinski definition) is 3. The molecule has 0 bridgehead atoms. The van der Waals surface area contributed by atoms with Gasteiger partial charge in [-0.1, -0.05) is 6.07 Å². The summed E-state index contributed by atoms with van der Waals surface area (Å²) >= 11 is -1.85. The molecule has 0 radical (unpaired) electrons. The van der Waals surface area contributed by atoms with E-state index >= 15 is 0 Å². The van der Waals surface area contributed by atoms with Crippen molar-refractivity contribution in [1.82, 2.24) is 14.5 Å². The summed E-state index contributed by atoms with van der Waals surface area (Å²) in [5.41, 5.74) is 8.91. The summed E-state index contributed by atoms with van der Waals surface area (Å²) in [5, 5.41) is 5.08. The van der Waals surface area contributed by atoms with Gasteiger partial charge in [0.05, 0.1) is 0 Å². The molecule has 0 spiro atoms. The minimum atomic E-state index is -3.72. The zero-order chi connectivity index (χ0) is 37.5.